The maximum Gasteiger partial charge on any atom is 0.335 e. The lowest BCUT2D eigenvalue weighted by atomic mass is 10.1. The molecular formula is C17H20N2O2. The maximum atomic E-state index is 10.9. The molecule has 1 heterocycles. The van der Waals surface area contributed by atoms with Gasteiger partial charge in [0.05, 0.1) is 5.56 Å². The molecule has 0 amide bonds. The molecule has 0 bridgehead atoms. The molecule has 0 aliphatic rings. The highest BCUT2D eigenvalue weighted by atomic mass is 16.4. The zero-order valence-electron chi connectivity index (χ0n) is 12.4. The third-order valence-electron chi connectivity index (χ3n) is 3.71. The van der Waals surface area contributed by atoms with Crippen LogP contribution in [0.25, 0.3) is 0 Å². The molecule has 0 aliphatic carbocycles. The van der Waals surface area contributed by atoms with E-state index in [0.29, 0.717) is 5.56 Å². The average molecular weight is 284 g/mol. The van der Waals surface area contributed by atoms with Gasteiger partial charge in [-0.2, -0.15) is 0 Å². The van der Waals surface area contributed by atoms with Crippen molar-refractivity contribution in [3.63, 3.8) is 0 Å². The molecule has 0 radical (unpaired) electrons. The van der Waals surface area contributed by atoms with Crippen LogP contribution in [-0.4, -0.2) is 27.5 Å². The van der Waals surface area contributed by atoms with Crippen LogP contribution in [0.1, 0.15) is 41.4 Å². The molecule has 4 nitrogen and oxygen atoms in total. The SMILES string of the molecule is CCN(Cc1ccc(C(=O)O)cc1)C(C)c1cccnc1. The molecule has 1 N–H and O–H groups in total. The predicted molar refractivity (Wildman–Crippen MR) is 82.1 cm³/mol. The van der Waals surface area contributed by atoms with E-state index in [1.54, 1.807) is 18.3 Å². The van der Waals surface area contributed by atoms with Crippen LogP contribution in [0.4, 0.5) is 0 Å². The molecule has 21 heavy (non-hydrogen) atoms. The minimum Gasteiger partial charge on any atom is -0.478 e. The number of hydrogen-bond acceptors (Lipinski definition) is 3. The van der Waals surface area contributed by atoms with Gasteiger partial charge < -0.3 is 5.11 Å². The zero-order valence-corrected chi connectivity index (χ0v) is 12.4. The fourth-order valence-electron chi connectivity index (χ4n) is 2.34. The van der Waals surface area contributed by atoms with Crippen LogP contribution in [0, 0.1) is 0 Å². The Morgan fingerprint density at radius 1 is 1.29 bits per heavy atom. The monoisotopic (exact) mass is 284 g/mol. The summed E-state index contributed by atoms with van der Waals surface area (Å²) in [4.78, 5) is 17.4. The summed E-state index contributed by atoms with van der Waals surface area (Å²) in [5, 5.41) is 8.92. The summed E-state index contributed by atoms with van der Waals surface area (Å²) in [6.07, 6.45) is 3.66. The van der Waals surface area contributed by atoms with Crippen LogP contribution < -0.4 is 0 Å². The van der Waals surface area contributed by atoms with Crippen molar-refractivity contribution in [1.29, 1.82) is 0 Å². The van der Waals surface area contributed by atoms with E-state index >= 15 is 0 Å². The summed E-state index contributed by atoms with van der Waals surface area (Å²) >= 11 is 0. The highest BCUT2D eigenvalue weighted by molar-refractivity contribution is 5.87. The zero-order chi connectivity index (χ0) is 15.2. The van der Waals surface area contributed by atoms with Gasteiger partial charge in [0.25, 0.3) is 0 Å². The van der Waals surface area contributed by atoms with Crippen LogP contribution in [0.5, 0.6) is 0 Å². The lowest BCUT2D eigenvalue weighted by Crippen LogP contribution is -2.26. The first-order chi connectivity index (χ1) is 10.1. The summed E-state index contributed by atoms with van der Waals surface area (Å²) in [5.41, 5.74) is 2.61. The molecule has 4 heteroatoms. The number of rotatable bonds is 6. The molecule has 0 saturated carbocycles. The first-order valence-corrected chi connectivity index (χ1v) is 7.08. The molecule has 110 valence electrons. The smallest absolute Gasteiger partial charge is 0.335 e. The molecule has 0 saturated heterocycles. The second-order valence-corrected chi connectivity index (χ2v) is 5.03. The van der Waals surface area contributed by atoms with Crippen molar-refractivity contribution in [1.82, 2.24) is 9.88 Å². The molecule has 1 unspecified atom stereocenters. The number of carbonyl (C=O) groups is 1. The Bertz CT molecular complexity index is 581. The van der Waals surface area contributed by atoms with Crippen molar-refractivity contribution in [2.75, 3.05) is 6.54 Å². The van der Waals surface area contributed by atoms with E-state index in [2.05, 4.69) is 29.8 Å². The number of aromatic nitrogens is 1. The quantitative estimate of drug-likeness (QED) is 0.883. The van der Waals surface area contributed by atoms with Crippen LogP contribution >= 0.6 is 0 Å². The minimum absolute atomic E-state index is 0.267. The Labute approximate surface area is 125 Å². The van der Waals surface area contributed by atoms with Crippen LogP contribution in [0.2, 0.25) is 0 Å². The Morgan fingerprint density at radius 2 is 2.00 bits per heavy atom. The Hall–Kier alpha value is -2.20. The highest BCUT2D eigenvalue weighted by Gasteiger charge is 2.14. The van der Waals surface area contributed by atoms with Crippen molar-refractivity contribution in [2.45, 2.75) is 26.4 Å². The maximum absolute atomic E-state index is 10.9. The minimum atomic E-state index is -0.891. The summed E-state index contributed by atoms with van der Waals surface area (Å²) in [5.74, 6) is -0.891. The van der Waals surface area contributed by atoms with Crippen molar-refractivity contribution in [3.05, 3.63) is 65.5 Å². The molecular weight excluding hydrogens is 264 g/mol. The van der Waals surface area contributed by atoms with Gasteiger partial charge in [-0.15, -0.1) is 0 Å². The molecule has 2 rings (SSSR count). The van der Waals surface area contributed by atoms with Gasteiger partial charge in [-0.1, -0.05) is 25.1 Å². The average Bonchev–Trinajstić information content (AvgIpc) is 2.53. The van der Waals surface area contributed by atoms with Crippen molar-refractivity contribution < 1.29 is 9.90 Å². The summed E-state index contributed by atoms with van der Waals surface area (Å²) in [6.45, 7) is 5.98. The van der Waals surface area contributed by atoms with E-state index in [9.17, 15) is 4.79 Å². The molecule has 0 aliphatic heterocycles. The molecule has 0 spiro atoms. The number of carboxylic acids is 1. The second-order valence-electron chi connectivity index (χ2n) is 5.03. The topological polar surface area (TPSA) is 53.4 Å². The third kappa shape index (κ3) is 3.89. The number of aromatic carboxylic acids is 1. The summed E-state index contributed by atoms with van der Waals surface area (Å²) < 4.78 is 0. The Balaban J connectivity index is 2.10. The van der Waals surface area contributed by atoms with Crippen molar-refractivity contribution >= 4 is 5.97 Å². The molecule has 1 atom stereocenters. The van der Waals surface area contributed by atoms with Crippen LogP contribution in [0.3, 0.4) is 0 Å². The molecule has 1 aromatic heterocycles. The van der Waals surface area contributed by atoms with E-state index in [0.717, 1.165) is 18.7 Å². The van der Waals surface area contributed by atoms with E-state index in [1.807, 2.05) is 24.4 Å². The van der Waals surface area contributed by atoms with Gasteiger partial charge in [0.2, 0.25) is 0 Å². The number of benzene rings is 1. The highest BCUT2D eigenvalue weighted by Crippen LogP contribution is 2.21. The number of nitrogens with zero attached hydrogens (tertiary/aromatic N) is 2. The van der Waals surface area contributed by atoms with Gasteiger partial charge in [0.15, 0.2) is 0 Å². The fourth-order valence-corrected chi connectivity index (χ4v) is 2.34. The van der Waals surface area contributed by atoms with Crippen molar-refractivity contribution in [2.24, 2.45) is 0 Å². The first-order valence-electron chi connectivity index (χ1n) is 7.08. The van der Waals surface area contributed by atoms with Gasteiger partial charge >= 0.3 is 5.97 Å². The second kappa shape index (κ2) is 6.99. The van der Waals surface area contributed by atoms with E-state index < -0.39 is 5.97 Å². The summed E-state index contributed by atoms with van der Waals surface area (Å²) in [6, 6.07) is 11.3. The Kier molecular flexibility index (Phi) is 5.06. The number of pyridine rings is 1. The number of carboxylic acid groups (broad SMARTS) is 1. The van der Waals surface area contributed by atoms with Gasteiger partial charge in [-0.25, -0.2) is 4.79 Å². The van der Waals surface area contributed by atoms with Gasteiger partial charge in [-0.05, 0) is 42.8 Å². The van der Waals surface area contributed by atoms with Crippen molar-refractivity contribution in [3.8, 4) is 0 Å². The molecule has 0 fully saturated rings. The predicted octanol–water partition coefficient (Wildman–Crippen LogP) is 3.36. The normalized spacial score (nSPS) is 12.3. The largest absolute Gasteiger partial charge is 0.478 e. The third-order valence-corrected chi connectivity index (χ3v) is 3.71. The van der Waals surface area contributed by atoms with E-state index in [4.69, 9.17) is 5.11 Å². The van der Waals surface area contributed by atoms with E-state index in [1.165, 1.54) is 5.56 Å². The lowest BCUT2D eigenvalue weighted by Gasteiger charge is -2.28. The van der Waals surface area contributed by atoms with Crippen LogP contribution in [-0.2, 0) is 6.54 Å². The van der Waals surface area contributed by atoms with E-state index in [-0.39, 0.29) is 6.04 Å². The first kappa shape index (κ1) is 15.2. The summed E-state index contributed by atoms with van der Waals surface area (Å²) in [7, 11) is 0. The molecule has 2 aromatic rings. The molecule has 1 aromatic carbocycles. The van der Waals surface area contributed by atoms with Crippen LogP contribution in [0.15, 0.2) is 48.8 Å². The van der Waals surface area contributed by atoms with Gasteiger partial charge in [0.1, 0.15) is 0 Å². The lowest BCUT2D eigenvalue weighted by molar-refractivity contribution is 0.0697. The Morgan fingerprint density at radius 3 is 2.52 bits per heavy atom. The number of hydrogen-bond donors (Lipinski definition) is 1. The standard InChI is InChI=1S/C17H20N2O2/c1-3-19(13(2)16-5-4-10-18-11-16)12-14-6-8-15(9-7-14)17(20)21/h4-11,13H,3,12H2,1-2H3,(H,20,21). The van der Waals surface area contributed by atoms with Gasteiger partial charge in [-0.3, -0.25) is 9.88 Å². The van der Waals surface area contributed by atoms with Gasteiger partial charge in [0, 0.05) is 25.0 Å². The fraction of sp³-hybridized carbons (Fsp3) is 0.294.